The Hall–Kier alpha value is -2.91. The van der Waals surface area contributed by atoms with E-state index in [0.717, 1.165) is 18.5 Å². The van der Waals surface area contributed by atoms with Crippen LogP contribution in [0.2, 0.25) is 5.02 Å². The lowest BCUT2D eigenvalue weighted by Gasteiger charge is -2.06. The summed E-state index contributed by atoms with van der Waals surface area (Å²) < 4.78 is 45.1. The van der Waals surface area contributed by atoms with E-state index in [1.165, 1.54) is 43.5 Å². The minimum atomic E-state index is -4.26. The summed E-state index contributed by atoms with van der Waals surface area (Å²) in [6, 6.07) is 8.94. The number of aromatic nitrogens is 2. The van der Waals surface area contributed by atoms with Gasteiger partial charge in [-0.05, 0) is 36.4 Å². The molecule has 2 aromatic carbocycles. The van der Waals surface area contributed by atoms with Crippen molar-refractivity contribution in [3.63, 3.8) is 0 Å². The first-order chi connectivity index (χ1) is 12.8. The number of hydrogen-bond donors (Lipinski definition) is 0. The summed E-state index contributed by atoms with van der Waals surface area (Å²) in [4.78, 5) is 24.8. The molecule has 140 valence electrons. The van der Waals surface area contributed by atoms with Gasteiger partial charge < -0.3 is 4.74 Å². The molecule has 3 aromatic rings. The second-order valence-corrected chi connectivity index (χ2v) is 7.55. The highest BCUT2D eigenvalue weighted by molar-refractivity contribution is 7.90. The topological polar surface area (TPSA) is 87.4 Å². The van der Waals surface area contributed by atoms with Gasteiger partial charge in [0.25, 0.3) is 15.9 Å². The number of carbonyl (C=O) groups excluding carboxylic acids is 1. The van der Waals surface area contributed by atoms with Crippen molar-refractivity contribution in [2.75, 3.05) is 7.11 Å². The minimum absolute atomic E-state index is 0.181. The Morgan fingerprint density at radius 2 is 1.78 bits per heavy atom. The van der Waals surface area contributed by atoms with E-state index < -0.39 is 33.0 Å². The van der Waals surface area contributed by atoms with Crippen molar-refractivity contribution >= 4 is 27.5 Å². The second kappa shape index (κ2) is 7.01. The quantitative estimate of drug-likeness (QED) is 0.659. The van der Waals surface area contributed by atoms with Gasteiger partial charge in [-0.25, -0.2) is 22.2 Å². The van der Waals surface area contributed by atoms with Gasteiger partial charge in [0.15, 0.2) is 0 Å². The number of halogens is 2. The van der Waals surface area contributed by atoms with Crippen LogP contribution in [0, 0.1) is 5.82 Å². The smallest absolute Gasteiger partial charge is 0.349 e. The van der Waals surface area contributed by atoms with Gasteiger partial charge in [-0.15, -0.1) is 0 Å². The molecule has 0 aliphatic rings. The Morgan fingerprint density at radius 3 is 2.37 bits per heavy atom. The van der Waals surface area contributed by atoms with Crippen molar-refractivity contribution in [3.8, 4) is 5.75 Å². The first-order valence-electron chi connectivity index (χ1n) is 7.45. The number of methoxy groups -OCH3 is 1. The van der Waals surface area contributed by atoms with E-state index in [1.807, 2.05) is 0 Å². The summed E-state index contributed by atoms with van der Waals surface area (Å²) in [5, 5.41) is -0.197. The number of benzene rings is 2. The molecule has 0 unspecified atom stereocenters. The Bertz CT molecular complexity index is 1160. The van der Waals surface area contributed by atoms with Gasteiger partial charge in [0.05, 0.1) is 22.6 Å². The molecule has 0 aliphatic carbocycles. The van der Waals surface area contributed by atoms with Crippen LogP contribution in [0.5, 0.6) is 5.75 Å². The average Bonchev–Trinajstić information content (AvgIpc) is 3.03. The highest BCUT2D eigenvalue weighted by Crippen LogP contribution is 2.20. The predicted octanol–water partition coefficient (Wildman–Crippen LogP) is 2.38. The maximum atomic E-state index is 13.9. The van der Waals surface area contributed by atoms with Crippen molar-refractivity contribution in [3.05, 3.63) is 81.7 Å². The van der Waals surface area contributed by atoms with E-state index in [4.69, 9.17) is 16.3 Å². The summed E-state index contributed by atoms with van der Waals surface area (Å²) in [6.45, 7) is 0. The molecule has 0 atom stereocenters. The molecule has 3 rings (SSSR count). The molecule has 7 nitrogen and oxygen atoms in total. The van der Waals surface area contributed by atoms with Crippen molar-refractivity contribution in [1.82, 2.24) is 8.54 Å². The van der Waals surface area contributed by atoms with Gasteiger partial charge in [0.2, 0.25) is 0 Å². The number of hydrogen-bond acceptors (Lipinski definition) is 5. The summed E-state index contributed by atoms with van der Waals surface area (Å²) in [7, 11) is -2.84. The van der Waals surface area contributed by atoms with Gasteiger partial charge in [0, 0.05) is 12.4 Å². The fourth-order valence-corrected chi connectivity index (χ4v) is 3.84. The molecule has 0 radical (unpaired) electrons. The first-order valence-corrected chi connectivity index (χ1v) is 9.27. The first kappa shape index (κ1) is 18.9. The zero-order valence-electron chi connectivity index (χ0n) is 13.8. The highest BCUT2D eigenvalue weighted by atomic mass is 35.5. The lowest BCUT2D eigenvalue weighted by Crippen LogP contribution is -2.33. The highest BCUT2D eigenvalue weighted by Gasteiger charge is 2.25. The molecule has 27 heavy (non-hydrogen) atoms. The minimum Gasteiger partial charge on any atom is -0.497 e. The summed E-state index contributed by atoms with van der Waals surface area (Å²) in [6.07, 6.45) is 1.85. The maximum absolute atomic E-state index is 13.9. The fraction of sp³-hybridized carbons (Fsp3) is 0.0588. The number of imidazole rings is 1. The Labute approximate surface area is 158 Å². The van der Waals surface area contributed by atoms with E-state index in [9.17, 15) is 22.4 Å². The maximum Gasteiger partial charge on any atom is 0.349 e. The van der Waals surface area contributed by atoms with Gasteiger partial charge in [-0.3, -0.25) is 4.79 Å². The zero-order chi connectivity index (χ0) is 19.8. The molecule has 0 amide bonds. The van der Waals surface area contributed by atoms with Crippen LogP contribution >= 0.6 is 11.6 Å². The van der Waals surface area contributed by atoms with Crippen LogP contribution in [0.15, 0.2) is 64.5 Å². The number of ether oxygens (including phenoxy) is 1. The van der Waals surface area contributed by atoms with Crippen LogP contribution in [0.25, 0.3) is 0 Å². The normalized spacial score (nSPS) is 11.4. The molecular formula is C17H12ClFN2O5S. The molecule has 0 saturated carbocycles. The molecule has 0 spiro atoms. The van der Waals surface area contributed by atoms with E-state index in [0.29, 0.717) is 14.3 Å². The van der Waals surface area contributed by atoms with Crippen molar-refractivity contribution in [2.45, 2.75) is 4.90 Å². The Kier molecular flexibility index (Phi) is 4.90. The lowest BCUT2D eigenvalue weighted by molar-refractivity contribution is 0.0952. The summed E-state index contributed by atoms with van der Waals surface area (Å²) in [5.41, 5.74) is -1.70. The van der Waals surface area contributed by atoms with Gasteiger partial charge >= 0.3 is 5.69 Å². The standard InChI is InChI=1S/C17H12ClFN2O5S/c1-26-11-5-7-12(8-6-11)27(24,25)21-10-9-20(17(21)23)16(22)15-13(18)3-2-4-14(15)19/h2-10H,1H3. The van der Waals surface area contributed by atoms with Crippen LogP contribution in [-0.4, -0.2) is 30.0 Å². The van der Waals surface area contributed by atoms with Crippen LogP contribution < -0.4 is 10.4 Å². The van der Waals surface area contributed by atoms with Crippen molar-refractivity contribution in [2.24, 2.45) is 0 Å². The molecule has 1 aromatic heterocycles. The third kappa shape index (κ3) is 3.26. The largest absolute Gasteiger partial charge is 0.497 e. The zero-order valence-corrected chi connectivity index (χ0v) is 15.4. The lowest BCUT2D eigenvalue weighted by atomic mass is 10.2. The van der Waals surface area contributed by atoms with E-state index >= 15 is 0 Å². The molecule has 0 bridgehead atoms. The number of rotatable bonds is 4. The SMILES string of the molecule is COc1ccc(S(=O)(=O)n2ccn(C(=O)c3c(F)cccc3Cl)c2=O)cc1. The van der Waals surface area contributed by atoms with Gasteiger partial charge in [-0.1, -0.05) is 17.7 Å². The molecule has 0 saturated heterocycles. The molecule has 10 heteroatoms. The monoisotopic (exact) mass is 410 g/mol. The van der Waals surface area contributed by atoms with E-state index in [-0.39, 0.29) is 9.92 Å². The Balaban J connectivity index is 2.07. The molecular weight excluding hydrogens is 399 g/mol. The fourth-order valence-electron chi connectivity index (χ4n) is 2.38. The summed E-state index contributed by atoms with van der Waals surface area (Å²) >= 11 is 5.83. The third-order valence-corrected chi connectivity index (χ3v) is 5.74. The van der Waals surface area contributed by atoms with Crippen molar-refractivity contribution in [1.29, 1.82) is 0 Å². The van der Waals surface area contributed by atoms with E-state index in [1.54, 1.807) is 0 Å². The van der Waals surface area contributed by atoms with Crippen LogP contribution in [0.1, 0.15) is 10.4 Å². The second-order valence-electron chi connectivity index (χ2n) is 5.33. The Morgan fingerprint density at radius 1 is 1.11 bits per heavy atom. The van der Waals surface area contributed by atoms with Crippen LogP contribution in [0.3, 0.4) is 0 Å². The molecule has 0 fully saturated rings. The van der Waals surface area contributed by atoms with Crippen LogP contribution in [-0.2, 0) is 10.0 Å². The van der Waals surface area contributed by atoms with Gasteiger partial charge in [0.1, 0.15) is 11.6 Å². The molecule has 0 aliphatic heterocycles. The van der Waals surface area contributed by atoms with Crippen molar-refractivity contribution < 1.29 is 22.3 Å². The predicted molar refractivity (Wildman–Crippen MR) is 95.4 cm³/mol. The average molecular weight is 411 g/mol. The molecule has 1 heterocycles. The van der Waals surface area contributed by atoms with Gasteiger partial charge in [-0.2, -0.15) is 3.97 Å². The number of nitrogens with zero attached hydrogens (tertiary/aromatic N) is 2. The van der Waals surface area contributed by atoms with Crippen LogP contribution in [0.4, 0.5) is 4.39 Å². The number of carbonyl (C=O) groups is 1. The summed E-state index contributed by atoms with van der Waals surface area (Å²) in [5.74, 6) is -1.57. The van der Waals surface area contributed by atoms with E-state index in [2.05, 4.69) is 0 Å². The molecule has 0 N–H and O–H groups in total. The third-order valence-electron chi connectivity index (χ3n) is 3.76.